The maximum atomic E-state index is 14.4. The Morgan fingerprint density at radius 2 is 1.78 bits per heavy atom. The summed E-state index contributed by atoms with van der Waals surface area (Å²) in [6.45, 7) is 5.48. The molecule has 0 spiro atoms. The zero-order valence-corrected chi connectivity index (χ0v) is 24.4. The molecule has 2 rings (SSSR count). The molecule has 228 valence electrons. The lowest BCUT2D eigenvalue weighted by atomic mass is 9.95. The average molecular weight is 578 g/mol. The van der Waals surface area contributed by atoms with Crippen LogP contribution in [0.3, 0.4) is 0 Å². The Morgan fingerprint density at radius 3 is 2.39 bits per heavy atom. The standard InChI is InChI=1S/C29H44FN5O6/c1-5-7-9-14-24(36)35-18-21(30)17-23(35)29(40)34(4)25(19(3)6-2)28(39)32-22(27(38)33-41)15-16-31-26(37)20-12-10-8-11-13-20/h8,10-13,19,21-23,25,41H,5-7,9,14-18H2,1-4H3,(H,31,37)(H,32,39)(H,33,38)/t19?,21-,22+,23+,25+/m1/s1. The van der Waals surface area contributed by atoms with Crippen molar-refractivity contribution in [3.63, 3.8) is 0 Å². The summed E-state index contributed by atoms with van der Waals surface area (Å²) in [7, 11) is 1.44. The second-order valence-corrected chi connectivity index (χ2v) is 10.6. The van der Waals surface area contributed by atoms with E-state index in [0.29, 0.717) is 18.4 Å². The van der Waals surface area contributed by atoms with E-state index in [2.05, 4.69) is 10.6 Å². The van der Waals surface area contributed by atoms with Crippen LogP contribution in [0.15, 0.2) is 30.3 Å². The molecule has 1 unspecified atom stereocenters. The minimum atomic E-state index is -1.34. The van der Waals surface area contributed by atoms with E-state index in [-0.39, 0.29) is 50.1 Å². The van der Waals surface area contributed by atoms with Crippen molar-refractivity contribution in [1.82, 2.24) is 25.9 Å². The first-order valence-electron chi connectivity index (χ1n) is 14.3. The predicted octanol–water partition coefficient (Wildman–Crippen LogP) is 2.19. The van der Waals surface area contributed by atoms with Gasteiger partial charge in [0.1, 0.15) is 24.3 Å². The normalized spacial score (nSPS) is 18.6. The van der Waals surface area contributed by atoms with E-state index in [9.17, 15) is 33.6 Å². The van der Waals surface area contributed by atoms with Crippen molar-refractivity contribution >= 4 is 29.5 Å². The van der Waals surface area contributed by atoms with E-state index < -0.39 is 42.0 Å². The van der Waals surface area contributed by atoms with Crippen molar-refractivity contribution in [2.24, 2.45) is 5.92 Å². The second-order valence-electron chi connectivity index (χ2n) is 10.6. The summed E-state index contributed by atoms with van der Waals surface area (Å²) in [5.74, 6) is -3.08. The van der Waals surface area contributed by atoms with E-state index in [1.807, 2.05) is 13.8 Å². The van der Waals surface area contributed by atoms with Crippen LogP contribution in [0.2, 0.25) is 0 Å². The van der Waals surface area contributed by atoms with Gasteiger partial charge in [-0.2, -0.15) is 0 Å². The van der Waals surface area contributed by atoms with Gasteiger partial charge in [0.05, 0.1) is 6.54 Å². The predicted molar refractivity (Wildman–Crippen MR) is 150 cm³/mol. The number of rotatable bonds is 15. The minimum absolute atomic E-state index is 0.0178. The topological polar surface area (TPSA) is 148 Å². The van der Waals surface area contributed by atoms with Crippen molar-refractivity contribution in [3.8, 4) is 0 Å². The van der Waals surface area contributed by atoms with Gasteiger partial charge in [-0.15, -0.1) is 0 Å². The molecule has 0 aromatic heterocycles. The molecule has 1 aromatic carbocycles. The summed E-state index contributed by atoms with van der Waals surface area (Å²) in [5, 5.41) is 14.5. The minimum Gasteiger partial charge on any atom is -0.352 e. The number of likely N-dealkylation sites (tertiary alicyclic amines) is 1. The number of nitrogens with one attached hydrogen (secondary N) is 3. The fourth-order valence-corrected chi connectivity index (χ4v) is 5.00. The summed E-state index contributed by atoms with van der Waals surface area (Å²) in [4.78, 5) is 67.1. The number of amides is 5. The average Bonchev–Trinajstić information content (AvgIpc) is 3.37. The Labute approximate surface area is 241 Å². The van der Waals surface area contributed by atoms with Gasteiger partial charge in [-0.05, 0) is 30.9 Å². The molecular formula is C29H44FN5O6. The number of unbranched alkanes of at least 4 members (excludes halogenated alkanes) is 2. The van der Waals surface area contributed by atoms with Gasteiger partial charge < -0.3 is 20.4 Å². The second kappa shape index (κ2) is 16.7. The lowest BCUT2D eigenvalue weighted by molar-refractivity contribution is -0.148. The van der Waals surface area contributed by atoms with Gasteiger partial charge in [0, 0.05) is 32.0 Å². The van der Waals surface area contributed by atoms with Crippen LogP contribution >= 0.6 is 0 Å². The van der Waals surface area contributed by atoms with Gasteiger partial charge in [-0.3, -0.25) is 29.2 Å². The van der Waals surface area contributed by atoms with Gasteiger partial charge in [0.2, 0.25) is 17.7 Å². The molecule has 1 aliphatic rings. The van der Waals surface area contributed by atoms with Crippen molar-refractivity contribution in [3.05, 3.63) is 35.9 Å². The molecule has 1 fully saturated rings. The van der Waals surface area contributed by atoms with Crippen LogP contribution in [-0.4, -0.2) is 89.0 Å². The number of benzene rings is 1. The molecule has 12 heteroatoms. The van der Waals surface area contributed by atoms with Gasteiger partial charge >= 0.3 is 0 Å². The molecule has 0 aliphatic carbocycles. The first-order chi connectivity index (χ1) is 19.5. The number of halogens is 1. The fraction of sp³-hybridized carbons (Fsp3) is 0.621. The maximum absolute atomic E-state index is 14.4. The Morgan fingerprint density at radius 1 is 1.10 bits per heavy atom. The maximum Gasteiger partial charge on any atom is 0.265 e. The van der Waals surface area contributed by atoms with E-state index in [0.717, 1.165) is 12.8 Å². The van der Waals surface area contributed by atoms with E-state index in [1.54, 1.807) is 37.3 Å². The van der Waals surface area contributed by atoms with Crippen LogP contribution in [0.5, 0.6) is 0 Å². The van der Waals surface area contributed by atoms with Gasteiger partial charge in [-0.1, -0.05) is 58.2 Å². The number of likely N-dealkylation sites (N-methyl/N-ethyl adjacent to an activating group) is 1. The summed E-state index contributed by atoms with van der Waals surface area (Å²) in [6, 6.07) is 5.20. The highest BCUT2D eigenvalue weighted by Crippen LogP contribution is 2.26. The van der Waals surface area contributed by atoms with Crippen LogP contribution in [0.25, 0.3) is 0 Å². The summed E-state index contributed by atoms with van der Waals surface area (Å²) in [5.41, 5.74) is 1.96. The number of hydroxylamine groups is 1. The van der Waals surface area contributed by atoms with E-state index in [4.69, 9.17) is 0 Å². The molecule has 0 radical (unpaired) electrons. The lowest BCUT2D eigenvalue weighted by Gasteiger charge is -2.35. The highest BCUT2D eigenvalue weighted by Gasteiger charge is 2.43. The molecule has 1 saturated heterocycles. The molecule has 5 amide bonds. The highest BCUT2D eigenvalue weighted by molar-refractivity contribution is 5.95. The monoisotopic (exact) mass is 577 g/mol. The first kappa shape index (κ1) is 33.7. The molecule has 11 nitrogen and oxygen atoms in total. The zero-order chi connectivity index (χ0) is 30.5. The number of nitrogens with zero attached hydrogens (tertiary/aromatic N) is 2. The van der Waals surface area contributed by atoms with Crippen LogP contribution in [0, 0.1) is 5.92 Å². The first-order valence-corrected chi connectivity index (χ1v) is 14.3. The number of carbonyl (C=O) groups excluding carboxylic acids is 5. The van der Waals surface area contributed by atoms with Gasteiger partial charge in [0.15, 0.2) is 0 Å². The van der Waals surface area contributed by atoms with Crippen molar-refractivity contribution < 1.29 is 33.6 Å². The SMILES string of the molecule is CCCCCC(=O)N1C[C@H](F)C[C@H]1C(=O)N(C)[C@H](C(=O)N[C@@H](CCNC(=O)c1ccccc1)C(=O)NO)C(C)CC. The fourth-order valence-electron chi connectivity index (χ4n) is 5.00. The molecular weight excluding hydrogens is 533 g/mol. The number of hydrogen-bond donors (Lipinski definition) is 4. The molecule has 0 bridgehead atoms. The van der Waals surface area contributed by atoms with E-state index >= 15 is 0 Å². The van der Waals surface area contributed by atoms with Crippen LogP contribution < -0.4 is 16.1 Å². The van der Waals surface area contributed by atoms with Crippen molar-refractivity contribution in [2.75, 3.05) is 20.1 Å². The van der Waals surface area contributed by atoms with Crippen LogP contribution in [0.4, 0.5) is 4.39 Å². The van der Waals surface area contributed by atoms with Crippen LogP contribution in [-0.2, 0) is 19.2 Å². The largest absolute Gasteiger partial charge is 0.352 e. The third-order valence-corrected chi connectivity index (χ3v) is 7.56. The summed E-state index contributed by atoms with van der Waals surface area (Å²) in [6.07, 6.45) is 1.64. The molecule has 0 saturated carbocycles. The van der Waals surface area contributed by atoms with Crippen LogP contribution in [0.1, 0.15) is 76.1 Å². The van der Waals surface area contributed by atoms with Crippen molar-refractivity contribution in [1.29, 1.82) is 0 Å². The number of alkyl halides is 1. The number of carbonyl (C=O) groups is 5. The molecule has 1 aliphatic heterocycles. The Kier molecular flexibility index (Phi) is 13.7. The summed E-state index contributed by atoms with van der Waals surface area (Å²) >= 11 is 0. The van der Waals surface area contributed by atoms with Gasteiger partial charge in [-0.25, -0.2) is 9.87 Å². The zero-order valence-electron chi connectivity index (χ0n) is 24.4. The molecule has 5 atom stereocenters. The molecule has 1 heterocycles. The third-order valence-electron chi connectivity index (χ3n) is 7.56. The van der Waals surface area contributed by atoms with E-state index in [1.165, 1.54) is 22.3 Å². The lowest BCUT2D eigenvalue weighted by Crippen LogP contribution is -2.58. The molecule has 41 heavy (non-hydrogen) atoms. The smallest absolute Gasteiger partial charge is 0.265 e. The Bertz CT molecular complexity index is 1040. The Hall–Kier alpha value is -3.54. The molecule has 4 N–H and O–H groups in total. The Balaban J connectivity index is 2.13. The molecule has 1 aromatic rings. The third kappa shape index (κ3) is 9.51. The van der Waals surface area contributed by atoms with Gasteiger partial charge in [0.25, 0.3) is 11.8 Å². The summed E-state index contributed by atoms with van der Waals surface area (Å²) < 4.78 is 14.4. The quantitative estimate of drug-likeness (QED) is 0.143. The number of hydrogen-bond acceptors (Lipinski definition) is 6. The highest BCUT2D eigenvalue weighted by atomic mass is 19.1. The van der Waals surface area contributed by atoms with Crippen molar-refractivity contribution in [2.45, 2.75) is 90.0 Å².